The minimum atomic E-state index is -1.24. The molecule has 1 aromatic rings. The van der Waals surface area contributed by atoms with Crippen LogP contribution in [0.4, 0.5) is 8.78 Å². The second-order valence-electron chi connectivity index (χ2n) is 6.24. The molecule has 0 aromatic heterocycles. The number of nitrogens with one attached hydrogen (secondary N) is 2. The molecule has 1 saturated heterocycles. The van der Waals surface area contributed by atoms with Gasteiger partial charge in [0.1, 0.15) is 11.3 Å². The average molecular weight is 363 g/mol. The van der Waals surface area contributed by atoms with Gasteiger partial charge in [0, 0.05) is 0 Å². The average Bonchev–Trinajstić information content (AvgIpc) is 2.97. The molecule has 2 fully saturated rings. The third-order valence-corrected chi connectivity index (χ3v) is 4.87. The Morgan fingerprint density at radius 2 is 1.96 bits per heavy atom. The van der Waals surface area contributed by atoms with Crippen molar-refractivity contribution in [1.29, 1.82) is 0 Å². The summed E-state index contributed by atoms with van der Waals surface area (Å²) < 4.78 is 32.3. The highest BCUT2D eigenvalue weighted by Gasteiger charge is 2.39. The smallest absolute Gasteiger partial charge is 0.258 e. The van der Waals surface area contributed by atoms with Gasteiger partial charge in [-0.25, -0.2) is 8.78 Å². The molecule has 0 unspecified atom stereocenters. The summed E-state index contributed by atoms with van der Waals surface area (Å²) in [5.41, 5.74) is -0.466. The molecule has 4 atom stereocenters. The first-order valence-corrected chi connectivity index (χ1v) is 7.73. The van der Waals surface area contributed by atoms with E-state index in [2.05, 4.69) is 10.6 Å². The van der Waals surface area contributed by atoms with Crippen molar-refractivity contribution in [2.75, 3.05) is 20.2 Å². The van der Waals surface area contributed by atoms with Gasteiger partial charge in [0.25, 0.3) is 5.91 Å². The predicted octanol–water partition coefficient (Wildman–Crippen LogP) is 1.48. The van der Waals surface area contributed by atoms with Gasteiger partial charge in [-0.15, -0.1) is 12.4 Å². The maximum absolute atomic E-state index is 14.0. The highest BCUT2D eigenvalue weighted by atomic mass is 35.5. The number of methoxy groups -OCH3 is 1. The summed E-state index contributed by atoms with van der Waals surface area (Å²) in [6, 6.07) is 1.65. The van der Waals surface area contributed by atoms with Crippen molar-refractivity contribution in [3.05, 3.63) is 29.3 Å². The van der Waals surface area contributed by atoms with Gasteiger partial charge in [0.2, 0.25) is 0 Å². The largest absolute Gasteiger partial charge is 0.496 e. The van der Waals surface area contributed by atoms with Crippen LogP contribution in [0.15, 0.2) is 12.1 Å². The first kappa shape index (κ1) is 18.9. The lowest BCUT2D eigenvalue weighted by molar-refractivity contribution is 0.0459. The highest BCUT2D eigenvalue weighted by molar-refractivity contribution is 5.97. The van der Waals surface area contributed by atoms with Gasteiger partial charge in [-0.2, -0.15) is 0 Å². The van der Waals surface area contributed by atoms with E-state index in [1.807, 2.05) is 0 Å². The van der Waals surface area contributed by atoms with Gasteiger partial charge >= 0.3 is 0 Å². The molecule has 24 heavy (non-hydrogen) atoms. The van der Waals surface area contributed by atoms with Crippen molar-refractivity contribution >= 4 is 18.3 Å². The van der Waals surface area contributed by atoms with Crippen molar-refractivity contribution in [3.8, 4) is 5.75 Å². The van der Waals surface area contributed by atoms with Gasteiger partial charge in [-0.05, 0) is 49.9 Å². The number of benzene rings is 1. The van der Waals surface area contributed by atoms with Crippen molar-refractivity contribution in [2.24, 2.45) is 11.8 Å². The van der Waals surface area contributed by atoms with Crippen LogP contribution in [0.1, 0.15) is 23.2 Å². The Kier molecular flexibility index (Phi) is 6.01. The monoisotopic (exact) mass is 362 g/mol. The standard InChI is InChI=1S/C16H20F2N2O3.ClH/c1-23-13-3-2-10(17)15(18)14(13)16(22)20-11-4-8-6-19-7-9(8)5-12(11)21;/h2-3,8-9,11-12,19,21H,4-7H2,1H3,(H,20,22);1H/t8-,9+,11-,12-;/m0./s1. The van der Waals surface area contributed by atoms with E-state index in [0.717, 1.165) is 19.2 Å². The molecule has 0 radical (unpaired) electrons. The Morgan fingerprint density at radius 3 is 2.62 bits per heavy atom. The van der Waals surface area contributed by atoms with Crippen LogP contribution in [-0.2, 0) is 0 Å². The lowest BCUT2D eigenvalue weighted by Gasteiger charge is -2.35. The second-order valence-corrected chi connectivity index (χ2v) is 6.24. The highest BCUT2D eigenvalue weighted by Crippen LogP contribution is 2.33. The maximum Gasteiger partial charge on any atom is 0.258 e. The van der Waals surface area contributed by atoms with E-state index in [0.29, 0.717) is 24.7 Å². The summed E-state index contributed by atoms with van der Waals surface area (Å²) in [5.74, 6) is -2.38. The number of aliphatic hydroxyl groups excluding tert-OH is 1. The molecule has 2 aliphatic rings. The summed E-state index contributed by atoms with van der Waals surface area (Å²) in [7, 11) is 1.29. The van der Waals surface area contributed by atoms with Crippen LogP contribution < -0.4 is 15.4 Å². The third-order valence-electron chi connectivity index (χ3n) is 4.87. The number of carbonyl (C=O) groups is 1. The van der Waals surface area contributed by atoms with E-state index in [1.54, 1.807) is 0 Å². The molecule has 1 aliphatic carbocycles. The quantitative estimate of drug-likeness (QED) is 0.762. The first-order chi connectivity index (χ1) is 11.0. The van der Waals surface area contributed by atoms with E-state index in [-0.39, 0.29) is 18.2 Å². The van der Waals surface area contributed by atoms with Crippen LogP contribution in [-0.4, -0.2) is 43.4 Å². The molecule has 3 rings (SSSR count). The molecule has 0 spiro atoms. The Balaban J connectivity index is 0.00000208. The van der Waals surface area contributed by atoms with E-state index < -0.39 is 35.3 Å². The van der Waals surface area contributed by atoms with Crippen LogP contribution in [0, 0.1) is 23.5 Å². The number of hydrogen-bond acceptors (Lipinski definition) is 4. The fourth-order valence-electron chi connectivity index (χ4n) is 3.61. The Hall–Kier alpha value is -1.44. The van der Waals surface area contributed by atoms with Gasteiger partial charge in [0.15, 0.2) is 11.6 Å². The second kappa shape index (κ2) is 7.63. The van der Waals surface area contributed by atoms with Crippen molar-refractivity contribution in [3.63, 3.8) is 0 Å². The number of halogens is 3. The van der Waals surface area contributed by atoms with Crippen LogP contribution >= 0.6 is 12.4 Å². The van der Waals surface area contributed by atoms with Gasteiger partial charge in [0.05, 0.1) is 19.3 Å². The zero-order valence-electron chi connectivity index (χ0n) is 13.2. The summed E-state index contributed by atoms with van der Waals surface area (Å²) in [5, 5.41) is 16.1. The molecular weight excluding hydrogens is 342 g/mol. The molecule has 1 aromatic carbocycles. The van der Waals surface area contributed by atoms with Crippen LogP contribution in [0.3, 0.4) is 0 Å². The lowest BCUT2D eigenvalue weighted by Crippen LogP contribution is -2.49. The summed E-state index contributed by atoms with van der Waals surface area (Å²) in [6.45, 7) is 1.72. The molecule has 0 bridgehead atoms. The molecule has 1 amide bonds. The van der Waals surface area contributed by atoms with E-state index in [1.165, 1.54) is 13.2 Å². The Morgan fingerprint density at radius 1 is 1.29 bits per heavy atom. The summed E-state index contributed by atoms with van der Waals surface area (Å²) >= 11 is 0. The van der Waals surface area contributed by atoms with Crippen molar-refractivity contribution in [1.82, 2.24) is 10.6 Å². The number of hydrogen-bond donors (Lipinski definition) is 3. The predicted molar refractivity (Wildman–Crippen MR) is 86.5 cm³/mol. The maximum atomic E-state index is 14.0. The number of fused-ring (bicyclic) bond motifs is 1. The van der Waals surface area contributed by atoms with E-state index >= 15 is 0 Å². The number of amides is 1. The Labute approximate surface area is 145 Å². The minimum absolute atomic E-state index is 0. The molecule has 1 saturated carbocycles. The molecule has 1 aliphatic heterocycles. The van der Waals surface area contributed by atoms with E-state index in [4.69, 9.17) is 4.74 Å². The summed E-state index contributed by atoms with van der Waals surface area (Å²) in [6.07, 6.45) is 0.512. The Bertz CT molecular complexity index is 617. The zero-order valence-corrected chi connectivity index (χ0v) is 14.0. The molecule has 134 valence electrons. The van der Waals surface area contributed by atoms with Crippen LogP contribution in [0.5, 0.6) is 5.75 Å². The SMILES string of the molecule is COc1ccc(F)c(F)c1C(=O)N[C@H]1C[C@H]2CNC[C@H]2C[C@@H]1O.Cl. The number of ether oxygens (including phenoxy) is 1. The normalized spacial score (nSPS) is 28.7. The number of rotatable bonds is 3. The van der Waals surface area contributed by atoms with Crippen LogP contribution in [0.25, 0.3) is 0 Å². The molecular formula is C16H21ClF2N2O3. The number of aliphatic hydroxyl groups is 1. The first-order valence-electron chi connectivity index (χ1n) is 7.73. The lowest BCUT2D eigenvalue weighted by atomic mass is 9.77. The summed E-state index contributed by atoms with van der Waals surface area (Å²) in [4.78, 5) is 12.4. The fourth-order valence-corrected chi connectivity index (χ4v) is 3.61. The van der Waals surface area contributed by atoms with Crippen molar-refractivity contribution < 1.29 is 23.4 Å². The van der Waals surface area contributed by atoms with Crippen LogP contribution in [0.2, 0.25) is 0 Å². The van der Waals surface area contributed by atoms with Gasteiger partial charge in [-0.3, -0.25) is 4.79 Å². The molecule has 8 heteroatoms. The minimum Gasteiger partial charge on any atom is -0.496 e. The fraction of sp³-hybridized carbons (Fsp3) is 0.562. The number of carbonyl (C=O) groups excluding carboxylic acids is 1. The molecule has 1 heterocycles. The topological polar surface area (TPSA) is 70.6 Å². The molecule has 3 N–H and O–H groups in total. The van der Waals surface area contributed by atoms with E-state index in [9.17, 15) is 18.7 Å². The third kappa shape index (κ3) is 3.48. The zero-order chi connectivity index (χ0) is 16.6. The van der Waals surface area contributed by atoms with Gasteiger partial charge in [-0.1, -0.05) is 0 Å². The molecule has 5 nitrogen and oxygen atoms in total. The van der Waals surface area contributed by atoms with Gasteiger partial charge < -0.3 is 20.5 Å². The van der Waals surface area contributed by atoms with Crippen molar-refractivity contribution in [2.45, 2.75) is 25.0 Å².